The maximum absolute atomic E-state index is 13.9. The van der Waals surface area contributed by atoms with E-state index in [4.69, 9.17) is 4.74 Å². The third kappa shape index (κ3) is 3.14. The van der Waals surface area contributed by atoms with Crippen LogP contribution in [0.4, 0.5) is 8.78 Å². The maximum atomic E-state index is 13.9. The van der Waals surface area contributed by atoms with Crippen molar-refractivity contribution in [2.75, 3.05) is 7.05 Å². The van der Waals surface area contributed by atoms with Crippen LogP contribution in [0.3, 0.4) is 0 Å². The highest BCUT2D eigenvalue weighted by molar-refractivity contribution is 5.37. The Kier molecular flexibility index (Phi) is 4.69. The van der Waals surface area contributed by atoms with Gasteiger partial charge in [0.1, 0.15) is 12.4 Å². The van der Waals surface area contributed by atoms with Crippen LogP contribution in [-0.4, -0.2) is 7.05 Å². The van der Waals surface area contributed by atoms with Gasteiger partial charge in [-0.25, -0.2) is 8.78 Å². The van der Waals surface area contributed by atoms with Crippen molar-refractivity contribution < 1.29 is 13.5 Å². The van der Waals surface area contributed by atoms with E-state index in [1.807, 2.05) is 6.92 Å². The Morgan fingerprint density at radius 2 is 1.75 bits per heavy atom. The van der Waals surface area contributed by atoms with Gasteiger partial charge in [-0.15, -0.1) is 0 Å². The first kappa shape index (κ1) is 14.5. The molecule has 2 aromatic carbocycles. The van der Waals surface area contributed by atoms with Crippen molar-refractivity contribution >= 4 is 0 Å². The summed E-state index contributed by atoms with van der Waals surface area (Å²) in [5.74, 6) is -0.634. The molecule has 106 valence electrons. The van der Waals surface area contributed by atoms with Crippen molar-refractivity contribution in [2.45, 2.75) is 19.6 Å². The van der Waals surface area contributed by atoms with E-state index in [-0.39, 0.29) is 24.2 Å². The summed E-state index contributed by atoms with van der Waals surface area (Å²) in [4.78, 5) is 0. The van der Waals surface area contributed by atoms with Gasteiger partial charge in [-0.1, -0.05) is 30.3 Å². The zero-order valence-electron chi connectivity index (χ0n) is 11.5. The molecule has 2 aromatic rings. The average Bonchev–Trinajstić information content (AvgIpc) is 2.46. The van der Waals surface area contributed by atoms with Gasteiger partial charge in [0.25, 0.3) is 0 Å². The van der Waals surface area contributed by atoms with Crippen LogP contribution in [0.15, 0.2) is 42.5 Å². The Labute approximate surface area is 117 Å². The number of ether oxygens (including phenoxy) is 1. The lowest BCUT2D eigenvalue weighted by atomic mass is 10.1. The molecule has 0 bridgehead atoms. The Balaban J connectivity index is 2.23. The fourth-order valence-electron chi connectivity index (χ4n) is 1.94. The molecule has 0 amide bonds. The van der Waals surface area contributed by atoms with Crippen molar-refractivity contribution in [1.29, 1.82) is 0 Å². The molecular formula is C16H17F2NO. The maximum Gasteiger partial charge on any atom is 0.165 e. The van der Waals surface area contributed by atoms with Gasteiger partial charge in [-0.05, 0) is 26.1 Å². The molecule has 0 saturated heterocycles. The van der Waals surface area contributed by atoms with Gasteiger partial charge in [-0.2, -0.15) is 0 Å². The smallest absolute Gasteiger partial charge is 0.165 e. The van der Waals surface area contributed by atoms with Gasteiger partial charge in [0.2, 0.25) is 0 Å². The summed E-state index contributed by atoms with van der Waals surface area (Å²) in [5, 5.41) is 3.04. The fraction of sp³-hybridized carbons (Fsp3) is 0.250. The summed E-state index contributed by atoms with van der Waals surface area (Å²) < 4.78 is 32.9. The molecule has 0 aliphatic heterocycles. The van der Waals surface area contributed by atoms with Crippen LogP contribution in [0, 0.1) is 11.6 Å². The summed E-state index contributed by atoms with van der Waals surface area (Å²) in [5.41, 5.74) is 1.11. The predicted octanol–water partition coefficient (Wildman–Crippen LogP) is 3.82. The Morgan fingerprint density at radius 3 is 2.45 bits per heavy atom. The molecule has 0 aromatic heterocycles. The van der Waals surface area contributed by atoms with E-state index in [2.05, 4.69) is 5.32 Å². The Morgan fingerprint density at radius 1 is 1.05 bits per heavy atom. The number of rotatable bonds is 5. The quantitative estimate of drug-likeness (QED) is 0.897. The molecule has 0 saturated carbocycles. The van der Waals surface area contributed by atoms with Crippen LogP contribution >= 0.6 is 0 Å². The van der Waals surface area contributed by atoms with Gasteiger partial charge < -0.3 is 10.1 Å². The van der Waals surface area contributed by atoms with E-state index in [9.17, 15) is 8.78 Å². The van der Waals surface area contributed by atoms with Gasteiger partial charge in [0.15, 0.2) is 11.6 Å². The summed E-state index contributed by atoms with van der Waals surface area (Å²) >= 11 is 0. The minimum atomic E-state index is -0.444. The highest BCUT2D eigenvalue weighted by atomic mass is 19.1. The number of hydrogen-bond donors (Lipinski definition) is 1. The first-order valence-electron chi connectivity index (χ1n) is 6.45. The van der Waals surface area contributed by atoms with Gasteiger partial charge in [0.05, 0.1) is 0 Å². The van der Waals surface area contributed by atoms with Gasteiger partial charge >= 0.3 is 0 Å². The topological polar surface area (TPSA) is 21.3 Å². The molecule has 1 atom stereocenters. The SMILES string of the molecule is CNC(C)c1cccc(F)c1OCc1ccccc1F. The summed E-state index contributed by atoms with van der Waals surface area (Å²) in [6.45, 7) is 1.90. The highest BCUT2D eigenvalue weighted by Crippen LogP contribution is 2.28. The van der Waals surface area contributed by atoms with Crippen LogP contribution in [-0.2, 0) is 6.61 Å². The van der Waals surface area contributed by atoms with Crippen LogP contribution in [0.2, 0.25) is 0 Å². The minimum Gasteiger partial charge on any atom is -0.485 e. The van der Waals surface area contributed by atoms with Crippen molar-refractivity contribution in [2.24, 2.45) is 0 Å². The monoisotopic (exact) mass is 277 g/mol. The van der Waals surface area contributed by atoms with E-state index in [0.29, 0.717) is 11.1 Å². The first-order valence-corrected chi connectivity index (χ1v) is 6.45. The number of halogens is 2. The van der Waals surface area contributed by atoms with E-state index >= 15 is 0 Å². The molecular weight excluding hydrogens is 260 g/mol. The van der Waals surface area contributed by atoms with Crippen LogP contribution in [0.5, 0.6) is 5.75 Å². The number of nitrogens with one attached hydrogen (secondary N) is 1. The molecule has 0 spiro atoms. The van der Waals surface area contributed by atoms with E-state index in [1.165, 1.54) is 12.1 Å². The summed E-state index contributed by atoms with van der Waals surface area (Å²) in [6, 6.07) is 11.0. The minimum absolute atomic E-state index is 0.00294. The molecule has 1 N–H and O–H groups in total. The van der Waals surface area contributed by atoms with Crippen molar-refractivity contribution in [3.63, 3.8) is 0 Å². The molecule has 2 nitrogen and oxygen atoms in total. The zero-order chi connectivity index (χ0) is 14.5. The third-order valence-electron chi connectivity index (χ3n) is 3.23. The van der Waals surface area contributed by atoms with E-state index < -0.39 is 5.82 Å². The second-order valence-corrected chi connectivity index (χ2v) is 4.55. The van der Waals surface area contributed by atoms with Crippen molar-refractivity contribution in [3.05, 3.63) is 65.2 Å². The van der Waals surface area contributed by atoms with Crippen LogP contribution in [0.25, 0.3) is 0 Å². The third-order valence-corrected chi connectivity index (χ3v) is 3.23. The first-order chi connectivity index (χ1) is 9.63. The lowest BCUT2D eigenvalue weighted by molar-refractivity contribution is 0.279. The molecule has 0 aliphatic rings. The molecule has 0 fully saturated rings. The normalized spacial score (nSPS) is 12.2. The van der Waals surface area contributed by atoms with E-state index in [1.54, 1.807) is 37.4 Å². The lowest BCUT2D eigenvalue weighted by Crippen LogP contribution is -2.14. The summed E-state index contributed by atoms with van der Waals surface area (Å²) in [6.07, 6.45) is 0. The van der Waals surface area contributed by atoms with Crippen LogP contribution in [0.1, 0.15) is 24.1 Å². The van der Waals surface area contributed by atoms with Crippen LogP contribution < -0.4 is 10.1 Å². The second-order valence-electron chi connectivity index (χ2n) is 4.55. The number of hydrogen-bond acceptors (Lipinski definition) is 2. The summed E-state index contributed by atoms with van der Waals surface area (Å²) in [7, 11) is 1.79. The highest BCUT2D eigenvalue weighted by Gasteiger charge is 2.15. The molecule has 1 unspecified atom stereocenters. The van der Waals surface area contributed by atoms with Crippen molar-refractivity contribution in [3.8, 4) is 5.75 Å². The predicted molar refractivity (Wildman–Crippen MR) is 74.6 cm³/mol. The van der Waals surface area contributed by atoms with E-state index in [0.717, 1.165) is 0 Å². The Hall–Kier alpha value is -1.94. The Bertz CT molecular complexity index is 586. The molecule has 0 radical (unpaired) electrons. The van der Waals surface area contributed by atoms with Gasteiger partial charge in [-0.3, -0.25) is 0 Å². The zero-order valence-corrected chi connectivity index (χ0v) is 11.5. The lowest BCUT2D eigenvalue weighted by Gasteiger charge is -2.17. The fourth-order valence-corrected chi connectivity index (χ4v) is 1.94. The average molecular weight is 277 g/mol. The van der Waals surface area contributed by atoms with Gasteiger partial charge in [0, 0.05) is 17.2 Å². The molecule has 20 heavy (non-hydrogen) atoms. The second kappa shape index (κ2) is 6.48. The van der Waals surface area contributed by atoms with Crippen molar-refractivity contribution in [1.82, 2.24) is 5.32 Å². The largest absolute Gasteiger partial charge is 0.485 e. The number of benzene rings is 2. The molecule has 0 aliphatic carbocycles. The standard InChI is InChI=1S/C16H17F2NO/c1-11(19-2)13-7-5-9-15(18)16(13)20-10-12-6-3-4-8-14(12)17/h3-9,11,19H,10H2,1-2H3. The molecule has 2 rings (SSSR count). The number of para-hydroxylation sites is 1. The molecule has 4 heteroatoms. The molecule has 0 heterocycles.